The fourth-order valence-corrected chi connectivity index (χ4v) is 3.84. The number of rotatable bonds is 5. The Kier molecular flexibility index (Phi) is 6.46. The van der Waals surface area contributed by atoms with Crippen LogP contribution < -0.4 is 4.74 Å². The molecule has 2 nitrogen and oxygen atoms in total. The molecule has 3 aromatic carbocycles. The normalized spacial score (nSPS) is 18.6. The fraction of sp³-hybridized carbons (Fsp3) is 0.280. The van der Waals surface area contributed by atoms with E-state index < -0.39 is 29.1 Å². The maximum absolute atomic E-state index is 13.9. The van der Waals surface area contributed by atoms with Gasteiger partial charge in [0.05, 0.1) is 19.3 Å². The number of halogens is 5. The molecular weight excluding hydrogens is 427 g/mol. The lowest BCUT2D eigenvalue weighted by atomic mass is 9.94. The van der Waals surface area contributed by atoms with Crippen molar-refractivity contribution in [1.82, 2.24) is 0 Å². The van der Waals surface area contributed by atoms with Crippen LogP contribution in [0.4, 0.5) is 22.0 Å². The second-order valence-corrected chi connectivity index (χ2v) is 8.01. The van der Waals surface area contributed by atoms with Crippen LogP contribution in [-0.2, 0) is 4.74 Å². The number of ether oxygens (including phenoxy) is 2. The molecule has 3 aromatic rings. The fourth-order valence-electron chi connectivity index (χ4n) is 3.84. The van der Waals surface area contributed by atoms with Crippen LogP contribution in [0.25, 0.3) is 11.1 Å². The predicted octanol–water partition coefficient (Wildman–Crippen LogP) is 6.90. The van der Waals surface area contributed by atoms with Crippen molar-refractivity contribution in [2.24, 2.45) is 5.92 Å². The molecule has 0 amide bonds. The topological polar surface area (TPSA) is 18.5 Å². The summed E-state index contributed by atoms with van der Waals surface area (Å²) >= 11 is 0. The summed E-state index contributed by atoms with van der Waals surface area (Å²) < 4.78 is 79.2. The molecule has 32 heavy (non-hydrogen) atoms. The first-order valence-corrected chi connectivity index (χ1v) is 10.3. The SMILES string of the molecule is Cc1cc(F)c(OCC2CCC(c3ccc(-c4cc(F)c(F)c(F)c4)cc3)OC2)c(F)c1. The van der Waals surface area contributed by atoms with Crippen molar-refractivity contribution in [3.05, 3.63) is 88.7 Å². The largest absolute Gasteiger partial charge is 0.487 e. The van der Waals surface area contributed by atoms with E-state index >= 15 is 0 Å². The van der Waals surface area contributed by atoms with Crippen molar-refractivity contribution < 1.29 is 31.4 Å². The molecule has 2 unspecified atom stereocenters. The molecular formula is C25H21F5O2. The average Bonchev–Trinajstić information content (AvgIpc) is 2.77. The summed E-state index contributed by atoms with van der Waals surface area (Å²) in [7, 11) is 0. The quantitative estimate of drug-likeness (QED) is 0.312. The highest BCUT2D eigenvalue weighted by Crippen LogP contribution is 2.33. The Bertz CT molecular complexity index is 1060. The van der Waals surface area contributed by atoms with E-state index in [4.69, 9.17) is 9.47 Å². The lowest BCUT2D eigenvalue weighted by Gasteiger charge is -2.29. The minimum Gasteiger partial charge on any atom is -0.487 e. The summed E-state index contributed by atoms with van der Waals surface area (Å²) in [5, 5.41) is 0. The van der Waals surface area contributed by atoms with E-state index in [2.05, 4.69) is 0 Å². The minimum absolute atomic E-state index is 0.00390. The van der Waals surface area contributed by atoms with Crippen LogP contribution in [0.3, 0.4) is 0 Å². The van der Waals surface area contributed by atoms with Gasteiger partial charge in [0.2, 0.25) is 0 Å². The highest BCUT2D eigenvalue weighted by atomic mass is 19.2. The van der Waals surface area contributed by atoms with Gasteiger partial charge in [0.15, 0.2) is 34.8 Å². The van der Waals surface area contributed by atoms with E-state index in [1.54, 1.807) is 31.2 Å². The Morgan fingerprint density at radius 3 is 2.00 bits per heavy atom. The lowest BCUT2D eigenvalue weighted by molar-refractivity contribution is -0.0291. The van der Waals surface area contributed by atoms with E-state index in [0.29, 0.717) is 24.2 Å². The van der Waals surface area contributed by atoms with E-state index in [9.17, 15) is 22.0 Å². The summed E-state index contributed by atoms with van der Waals surface area (Å²) in [5.41, 5.74) is 2.17. The van der Waals surface area contributed by atoms with Gasteiger partial charge in [-0.1, -0.05) is 24.3 Å². The number of aryl methyl sites for hydroxylation is 1. The van der Waals surface area contributed by atoms with Crippen LogP contribution in [0.1, 0.15) is 30.1 Å². The van der Waals surface area contributed by atoms with Crippen LogP contribution in [0, 0.1) is 41.9 Å². The Hall–Kier alpha value is -2.93. The van der Waals surface area contributed by atoms with Gasteiger partial charge in [-0.3, -0.25) is 0 Å². The van der Waals surface area contributed by atoms with E-state index in [-0.39, 0.29) is 29.9 Å². The van der Waals surface area contributed by atoms with Crippen LogP contribution in [-0.4, -0.2) is 13.2 Å². The molecule has 7 heteroatoms. The molecule has 0 radical (unpaired) electrons. The van der Waals surface area contributed by atoms with Crippen LogP contribution in [0.2, 0.25) is 0 Å². The Morgan fingerprint density at radius 2 is 1.44 bits per heavy atom. The second-order valence-electron chi connectivity index (χ2n) is 8.01. The molecule has 0 N–H and O–H groups in total. The molecule has 0 bridgehead atoms. The third-order valence-corrected chi connectivity index (χ3v) is 5.58. The minimum atomic E-state index is -1.49. The molecule has 1 heterocycles. The average molecular weight is 448 g/mol. The Labute approximate surface area is 182 Å². The summed E-state index contributed by atoms with van der Waals surface area (Å²) in [4.78, 5) is 0. The van der Waals surface area contributed by atoms with Gasteiger partial charge in [0, 0.05) is 5.92 Å². The van der Waals surface area contributed by atoms with E-state index in [0.717, 1.165) is 24.1 Å². The summed E-state index contributed by atoms with van der Waals surface area (Å²) in [6.07, 6.45) is 1.26. The maximum Gasteiger partial charge on any atom is 0.194 e. The maximum atomic E-state index is 13.9. The van der Waals surface area contributed by atoms with Crippen molar-refractivity contribution >= 4 is 0 Å². The predicted molar refractivity (Wildman–Crippen MR) is 110 cm³/mol. The Balaban J connectivity index is 1.34. The molecule has 0 spiro atoms. The Morgan fingerprint density at radius 1 is 0.812 bits per heavy atom. The van der Waals surface area contributed by atoms with E-state index in [1.807, 2.05) is 0 Å². The molecule has 1 saturated heterocycles. The zero-order chi connectivity index (χ0) is 22.8. The van der Waals surface area contributed by atoms with Gasteiger partial charge < -0.3 is 9.47 Å². The molecule has 2 atom stereocenters. The van der Waals surface area contributed by atoms with Crippen molar-refractivity contribution in [1.29, 1.82) is 0 Å². The smallest absolute Gasteiger partial charge is 0.194 e. The molecule has 168 valence electrons. The van der Waals surface area contributed by atoms with Gasteiger partial charge in [-0.25, -0.2) is 22.0 Å². The van der Waals surface area contributed by atoms with Crippen molar-refractivity contribution in [3.8, 4) is 16.9 Å². The molecule has 0 aliphatic carbocycles. The van der Waals surface area contributed by atoms with Crippen LogP contribution >= 0.6 is 0 Å². The third-order valence-electron chi connectivity index (χ3n) is 5.58. The molecule has 0 saturated carbocycles. The van der Waals surface area contributed by atoms with Gasteiger partial charge in [-0.05, 0) is 66.3 Å². The molecule has 1 aliphatic heterocycles. The van der Waals surface area contributed by atoms with E-state index in [1.165, 1.54) is 12.1 Å². The molecule has 1 fully saturated rings. The molecule has 1 aliphatic rings. The standard InChI is InChI=1S/C25H21F5O2/c1-14-8-21(28)25(22(29)9-14)32-13-15-2-7-23(31-12-15)17-5-3-16(4-6-17)18-10-19(26)24(30)20(27)11-18/h3-6,8-11,15,23H,2,7,12-13H2,1H3. The molecule has 0 aromatic heterocycles. The van der Waals surface area contributed by atoms with Gasteiger partial charge in [-0.15, -0.1) is 0 Å². The summed E-state index contributed by atoms with van der Waals surface area (Å²) in [6.45, 7) is 2.12. The first-order chi connectivity index (χ1) is 15.3. The highest BCUT2D eigenvalue weighted by Gasteiger charge is 2.24. The van der Waals surface area contributed by atoms with Gasteiger partial charge in [0.1, 0.15) is 0 Å². The van der Waals surface area contributed by atoms with Crippen molar-refractivity contribution in [2.45, 2.75) is 25.9 Å². The summed E-state index contributed by atoms with van der Waals surface area (Å²) in [6, 6.07) is 11.4. The second kappa shape index (κ2) is 9.28. The zero-order valence-electron chi connectivity index (χ0n) is 17.3. The number of benzene rings is 3. The van der Waals surface area contributed by atoms with Gasteiger partial charge in [-0.2, -0.15) is 0 Å². The zero-order valence-corrected chi connectivity index (χ0v) is 17.3. The van der Waals surface area contributed by atoms with Crippen LogP contribution in [0.5, 0.6) is 5.75 Å². The number of hydrogen-bond acceptors (Lipinski definition) is 2. The third kappa shape index (κ3) is 4.78. The lowest BCUT2D eigenvalue weighted by Crippen LogP contribution is -2.25. The van der Waals surface area contributed by atoms with Gasteiger partial charge >= 0.3 is 0 Å². The van der Waals surface area contributed by atoms with Gasteiger partial charge in [0.25, 0.3) is 0 Å². The number of hydrogen-bond donors (Lipinski definition) is 0. The first-order valence-electron chi connectivity index (χ1n) is 10.3. The monoisotopic (exact) mass is 448 g/mol. The molecule has 4 rings (SSSR count). The highest BCUT2D eigenvalue weighted by molar-refractivity contribution is 5.64. The van der Waals surface area contributed by atoms with Crippen molar-refractivity contribution in [2.75, 3.05) is 13.2 Å². The summed E-state index contributed by atoms with van der Waals surface area (Å²) in [5.74, 6) is -5.79. The van der Waals surface area contributed by atoms with Crippen LogP contribution in [0.15, 0.2) is 48.5 Å². The van der Waals surface area contributed by atoms with Crippen molar-refractivity contribution in [3.63, 3.8) is 0 Å². The first kappa shape index (κ1) is 22.3.